The van der Waals surface area contributed by atoms with Crippen LogP contribution in [0.2, 0.25) is 0 Å². The summed E-state index contributed by atoms with van der Waals surface area (Å²) in [7, 11) is 1.80. The Labute approximate surface area is 115 Å². The molecule has 2 N–H and O–H groups in total. The number of aryl methyl sites for hydroxylation is 1. The monoisotopic (exact) mass is 361 g/mol. The van der Waals surface area contributed by atoms with Gasteiger partial charge < -0.3 is 5.73 Å². The van der Waals surface area contributed by atoms with E-state index in [0.29, 0.717) is 10.0 Å². The van der Waals surface area contributed by atoms with Crippen molar-refractivity contribution in [1.82, 2.24) is 9.78 Å². The van der Waals surface area contributed by atoms with E-state index in [9.17, 15) is 4.39 Å². The van der Waals surface area contributed by atoms with Gasteiger partial charge in [-0.05, 0) is 43.5 Å². The lowest BCUT2D eigenvalue weighted by Gasteiger charge is -2.15. The molecule has 3 nitrogen and oxygen atoms in total. The third kappa shape index (κ3) is 2.29. The molecule has 6 heteroatoms. The van der Waals surface area contributed by atoms with Gasteiger partial charge in [0.25, 0.3) is 0 Å². The maximum absolute atomic E-state index is 13.4. The molecule has 0 aliphatic carbocycles. The summed E-state index contributed by atoms with van der Waals surface area (Å²) in [5.74, 6) is -0.323. The van der Waals surface area contributed by atoms with E-state index in [0.717, 1.165) is 10.2 Å². The van der Waals surface area contributed by atoms with Gasteiger partial charge in [-0.3, -0.25) is 4.68 Å². The van der Waals surface area contributed by atoms with Gasteiger partial charge in [0, 0.05) is 7.05 Å². The smallest absolute Gasteiger partial charge is 0.137 e. The predicted octanol–water partition coefficient (Wildman–Crippen LogP) is 3.13. The van der Waals surface area contributed by atoms with Crippen molar-refractivity contribution < 1.29 is 4.39 Å². The standard InChI is InChI=1S/C11H10Br2FN3/c1-17-11(7(12)5-16-17)10(15)6-3-2-4-8(14)9(6)13/h2-5,10H,15H2,1H3. The van der Waals surface area contributed by atoms with Crippen LogP contribution in [0.5, 0.6) is 0 Å². The average molecular weight is 363 g/mol. The highest BCUT2D eigenvalue weighted by Crippen LogP contribution is 2.31. The number of rotatable bonds is 2. The summed E-state index contributed by atoms with van der Waals surface area (Å²) in [6.45, 7) is 0. The Kier molecular flexibility index (Phi) is 3.65. The van der Waals surface area contributed by atoms with Gasteiger partial charge in [0.1, 0.15) is 5.82 Å². The van der Waals surface area contributed by atoms with Crippen LogP contribution in [-0.4, -0.2) is 9.78 Å². The van der Waals surface area contributed by atoms with Crippen molar-refractivity contribution in [2.45, 2.75) is 6.04 Å². The number of aromatic nitrogens is 2. The molecule has 0 saturated carbocycles. The van der Waals surface area contributed by atoms with Crippen LogP contribution in [0.1, 0.15) is 17.3 Å². The van der Waals surface area contributed by atoms with Crippen LogP contribution in [0.15, 0.2) is 33.3 Å². The molecule has 0 spiro atoms. The van der Waals surface area contributed by atoms with Crippen LogP contribution in [0, 0.1) is 5.82 Å². The molecule has 0 radical (unpaired) electrons. The molecule has 1 heterocycles. The zero-order valence-corrected chi connectivity index (χ0v) is 12.2. The molecule has 2 rings (SSSR count). The van der Waals surface area contributed by atoms with Gasteiger partial charge in [0.15, 0.2) is 0 Å². The molecular weight excluding hydrogens is 353 g/mol. The minimum Gasteiger partial charge on any atom is -0.319 e. The van der Waals surface area contributed by atoms with Crippen molar-refractivity contribution in [1.29, 1.82) is 0 Å². The topological polar surface area (TPSA) is 43.8 Å². The fraction of sp³-hybridized carbons (Fsp3) is 0.182. The van der Waals surface area contributed by atoms with E-state index < -0.39 is 6.04 Å². The Hall–Kier alpha value is -0.720. The second-order valence-electron chi connectivity index (χ2n) is 3.62. The first kappa shape index (κ1) is 12.7. The Bertz CT molecular complexity index is 534. The highest BCUT2D eigenvalue weighted by atomic mass is 79.9. The summed E-state index contributed by atoms with van der Waals surface area (Å²) in [5.41, 5.74) is 7.64. The van der Waals surface area contributed by atoms with Crippen molar-refractivity contribution in [3.63, 3.8) is 0 Å². The summed E-state index contributed by atoms with van der Waals surface area (Å²) < 4.78 is 16.3. The van der Waals surface area contributed by atoms with E-state index in [1.54, 1.807) is 30.1 Å². The molecule has 1 atom stereocenters. The van der Waals surface area contributed by atoms with Gasteiger partial charge >= 0.3 is 0 Å². The minimum absolute atomic E-state index is 0.323. The fourth-order valence-electron chi connectivity index (χ4n) is 1.68. The van der Waals surface area contributed by atoms with E-state index in [1.165, 1.54) is 6.07 Å². The molecule has 2 aromatic rings. The average Bonchev–Trinajstić information content (AvgIpc) is 2.62. The molecule has 0 saturated heterocycles. The van der Waals surface area contributed by atoms with Gasteiger partial charge in [-0.25, -0.2) is 4.39 Å². The van der Waals surface area contributed by atoms with Crippen LogP contribution >= 0.6 is 31.9 Å². The normalized spacial score (nSPS) is 12.8. The lowest BCUT2D eigenvalue weighted by molar-refractivity contribution is 0.611. The summed E-state index contributed by atoms with van der Waals surface area (Å²) in [6.07, 6.45) is 1.67. The first-order chi connectivity index (χ1) is 8.02. The number of nitrogens with zero attached hydrogens (tertiary/aromatic N) is 2. The highest BCUT2D eigenvalue weighted by molar-refractivity contribution is 9.10. The molecule has 17 heavy (non-hydrogen) atoms. The second kappa shape index (κ2) is 4.88. The molecule has 90 valence electrons. The quantitative estimate of drug-likeness (QED) is 0.891. The van der Waals surface area contributed by atoms with Crippen molar-refractivity contribution in [3.05, 3.63) is 50.4 Å². The maximum Gasteiger partial charge on any atom is 0.137 e. The number of hydrogen-bond acceptors (Lipinski definition) is 2. The summed E-state index contributed by atoms with van der Waals surface area (Å²) in [5, 5.41) is 4.10. The third-order valence-electron chi connectivity index (χ3n) is 2.55. The summed E-state index contributed by atoms with van der Waals surface area (Å²) in [6, 6.07) is 4.37. The number of hydrogen-bond donors (Lipinski definition) is 1. The van der Waals surface area contributed by atoms with E-state index in [4.69, 9.17) is 5.73 Å². The van der Waals surface area contributed by atoms with Crippen molar-refractivity contribution in [2.75, 3.05) is 0 Å². The van der Waals surface area contributed by atoms with Crippen LogP contribution in [0.4, 0.5) is 4.39 Å². The van der Waals surface area contributed by atoms with Gasteiger partial charge in [-0.1, -0.05) is 12.1 Å². The molecule has 1 aromatic heterocycles. The molecular formula is C11H10Br2FN3. The van der Waals surface area contributed by atoms with Crippen molar-refractivity contribution >= 4 is 31.9 Å². The lowest BCUT2D eigenvalue weighted by atomic mass is 10.0. The Morgan fingerprint density at radius 1 is 1.41 bits per heavy atom. The Morgan fingerprint density at radius 3 is 2.71 bits per heavy atom. The number of nitrogens with two attached hydrogens (primary N) is 1. The minimum atomic E-state index is -0.443. The largest absolute Gasteiger partial charge is 0.319 e. The third-order valence-corrected chi connectivity index (χ3v) is 4.00. The number of halogens is 3. The Morgan fingerprint density at radius 2 is 2.12 bits per heavy atom. The predicted molar refractivity (Wildman–Crippen MR) is 71.0 cm³/mol. The van der Waals surface area contributed by atoms with Crippen LogP contribution in [-0.2, 0) is 7.05 Å². The molecule has 0 bridgehead atoms. The maximum atomic E-state index is 13.4. The van der Waals surface area contributed by atoms with Gasteiger partial charge in [-0.2, -0.15) is 5.10 Å². The SMILES string of the molecule is Cn1ncc(Br)c1C(N)c1cccc(F)c1Br. The molecule has 0 aliphatic heterocycles. The highest BCUT2D eigenvalue weighted by Gasteiger charge is 2.20. The van der Waals surface area contributed by atoms with Crippen LogP contribution in [0.25, 0.3) is 0 Å². The first-order valence-corrected chi connectivity index (χ1v) is 6.48. The van der Waals surface area contributed by atoms with E-state index in [2.05, 4.69) is 37.0 Å². The molecule has 1 unspecified atom stereocenters. The fourth-order valence-corrected chi connectivity index (χ4v) is 2.78. The molecule has 0 fully saturated rings. The first-order valence-electron chi connectivity index (χ1n) is 4.89. The summed E-state index contributed by atoms with van der Waals surface area (Å²) >= 11 is 6.60. The van der Waals surface area contributed by atoms with Crippen LogP contribution in [0.3, 0.4) is 0 Å². The lowest BCUT2D eigenvalue weighted by Crippen LogP contribution is -2.17. The van der Waals surface area contributed by atoms with E-state index in [1.807, 2.05) is 0 Å². The molecule has 1 aromatic carbocycles. The zero-order valence-electron chi connectivity index (χ0n) is 8.99. The van der Waals surface area contributed by atoms with Gasteiger partial charge in [-0.15, -0.1) is 0 Å². The number of benzene rings is 1. The second-order valence-corrected chi connectivity index (χ2v) is 5.27. The molecule has 0 aliphatic rings. The zero-order chi connectivity index (χ0) is 12.6. The van der Waals surface area contributed by atoms with E-state index >= 15 is 0 Å². The Balaban J connectivity index is 2.51. The van der Waals surface area contributed by atoms with Crippen molar-refractivity contribution in [3.8, 4) is 0 Å². The summed E-state index contributed by atoms with van der Waals surface area (Å²) in [4.78, 5) is 0. The van der Waals surface area contributed by atoms with E-state index in [-0.39, 0.29) is 5.82 Å². The van der Waals surface area contributed by atoms with Gasteiger partial charge in [0.05, 0.1) is 26.9 Å². The van der Waals surface area contributed by atoms with Crippen LogP contribution < -0.4 is 5.73 Å². The molecule has 0 amide bonds. The van der Waals surface area contributed by atoms with Gasteiger partial charge in [0.2, 0.25) is 0 Å². The van der Waals surface area contributed by atoms with Crippen molar-refractivity contribution in [2.24, 2.45) is 12.8 Å².